The molecule has 0 saturated heterocycles. The minimum Gasteiger partial charge on any atom is -0.360 e. The summed E-state index contributed by atoms with van der Waals surface area (Å²) in [4.78, 5) is 0. The molecule has 0 aliphatic heterocycles. The van der Waals surface area contributed by atoms with Crippen LogP contribution in [0.1, 0.15) is 43.5 Å². The molecule has 1 aliphatic rings. The van der Waals surface area contributed by atoms with E-state index >= 15 is 0 Å². The summed E-state index contributed by atoms with van der Waals surface area (Å²) in [5.41, 5.74) is 2.54. The zero-order valence-corrected chi connectivity index (χ0v) is 12.1. The molecule has 0 atom stereocenters. The van der Waals surface area contributed by atoms with Crippen LogP contribution in [0.4, 0.5) is 0 Å². The molecule has 18 heavy (non-hydrogen) atoms. The Balaban J connectivity index is 1.76. The van der Waals surface area contributed by atoms with E-state index in [0.29, 0.717) is 6.04 Å². The number of hydrogen-bond donors (Lipinski definition) is 2. The molecule has 0 amide bonds. The van der Waals surface area contributed by atoms with E-state index in [4.69, 9.17) is 12.2 Å². The average molecular weight is 265 g/mol. The summed E-state index contributed by atoms with van der Waals surface area (Å²) >= 11 is 5.35. The van der Waals surface area contributed by atoms with Crippen LogP contribution in [-0.4, -0.2) is 15.7 Å². The van der Waals surface area contributed by atoms with Crippen molar-refractivity contribution in [3.8, 4) is 0 Å². The van der Waals surface area contributed by atoms with Crippen LogP contribution in [0.25, 0.3) is 0 Å². The molecule has 0 aromatic carbocycles. The molecule has 1 saturated carbocycles. The zero-order valence-electron chi connectivity index (χ0n) is 11.3. The van der Waals surface area contributed by atoms with Crippen molar-refractivity contribution in [2.45, 2.75) is 51.6 Å². The summed E-state index contributed by atoms with van der Waals surface area (Å²) in [5.74, 6) is 0. The van der Waals surface area contributed by atoms with E-state index in [1.807, 2.05) is 0 Å². The van der Waals surface area contributed by atoms with E-state index in [0.717, 1.165) is 11.7 Å². The summed E-state index contributed by atoms with van der Waals surface area (Å²) in [6, 6.07) is 4.86. The molecule has 1 fully saturated rings. The lowest BCUT2D eigenvalue weighted by Gasteiger charge is -2.24. The maximum absolute atomic E-state index is 5.35. The van der Waals surface area contributed by atoms with E-state index in [1.165, 1.54) is 43.5 Å². The van der Waals surface area contributed by atoms with Crippen molar-refractivity contribution in [1.29, 1.82) is 0 Å². The normalized spacial score (nSPS) is 16.6. The first-order chi connectivity index (χ1) is 8.66. The van der Waals surface area contributed by atoms with Crippen molar-refractivity contribution in [2.24, 2.45) is 7.05 Å². The van der Waals surface area contributed by atoms with E-state index in [-0.39, 0.29) is 0 Å². The summed E-state index contributed by atoms with van der Waals surface area (Å²) < 4.78 is 2.19. The number of rotatable bonds is 3. The second-order valence-corrected chi connectivity index (χ2v) is 5.60. The highest BCUT2D eigenvalue weighted by atomic mass is 32.1. The molecular weight excluding hydrogens is 242 g/mol. The lowest BCUT2D eigenvalue weighted by Crippen LogP contribution is -2.42. The van der Waals surface area contributed by atoms with Gasteiger partial charge in [0.25, 0.3) is 0 Å². The fourth-order valence-corrected chi connectivity index (χ4v) is 2.74. The third-order valence-electron chi connectivity index (χ3n) is 3.85. The van der Waals surface area contributed by atoms with Gasteiger partial charge in [-0.15, -0.1) is 0 Å². The quantitative estimate of drug-likeness (QED) is 0.823. The summed E-state index contributed by atoms with van der Waals surface area (Å²) in [6.45, 7) is 2.91. The third-order valence-corrected chi connectivity index (χ3v) is 4.11. The molecule has 0 radical (unpaired) electrons. The van der Waals surface area contributed by atoms with Gasteiger partial charge in [0, 0.05) is 24.5 Å². The molecule has 1 heterocycles. The van der Waals surface area contributed by atoms with Crippen molar-refractivity contribution in [1.82, 2.24) is 15.2 Å². The lowest BCUT2D eigenvalue weighted by atomic mass is 9.96. The van der Waals surface area contributed by atoms with Crippen LogP contribution in [-0.2, 0) is 13.6 Å². The summed E-state index contributed by atoms with van der Waals surface area (Å²) in [6.07, 6.45) is 6.55. The largest absolute Gasteiger partial charge is 0.360 e. The van der Waals surface area contributed by atoms with Gasteiger partial charge >= 0.3 is 0 Å². The van der Waals surface area contributed by atoms with Gasteiger partial charge in [0.2, 0.25) is 0 Å². The molecule has 100 valence electrons. The minimum atomic E-state index is 0.578. The van der Waals surface area contributed by atoms with Gasteiger partial charge in [-0.3, -0.25) is 0 Å². The molecule has 0 unspecified atom stereocenters. The van der Waals surface area contributed by atoms with Gasteiger partial charge in [-0.25, -0.2) is 0 Å². The second kappa shape index (κ2) is 6.23. The first kappa shape index (κ1) is 13.4. The third kappa shape index (κ3) is 3.48. The van der Waals surface area contributed by atoms with E-state index < -0.39 is 0 Å². The topological polar surface area (TPSA) is 29.0 Å². The fourth-order valence-electron chi connectivity index (χ4n) is 2.50. The summed E-state index contributed by atoms with van der Waals surface area (Å²) in [7, 11) is 2.09. The highest BCUT2D eigenvalue weighted by Gasteiger charge is 2.13. The molecule has 1 aliphatic carbocycles. The zero-order chi connectivity index (χ0) is 13.0. The van der Waals surface area contributed by atoms with Crippen LogP contribution in [0.3, 0.4) is 0 Å². The molecule has 1 aromatic rings. The molecule has 0 spiro atoms. The van der Waals surface area contributed by atoms with Crippen LogP contribution >= 0.6 is 12.2 Å². The number of nitrogens with one attached hydrogen (secondary N) is 2. The number of aryl methyl sites for hydroxylation is 1. The first-order valence-electron chi connectivity index (χ1n) is 6.82. The van der Waals surface area contributed by atoms with Crippen molar-refractivity contribution >= 4 is 17.3 Å². The van der Waals surface area contributed by atoms with Crippen molar-refractivity contribution in [2.75, 3.05) is 0 Å². The smallest absolute Gasteiger partial charge is 0.166 e. The van der Waals surface area contributed by atoms with E-state index in [2.05, 4.69) is 41.3 Å². The molecule has 2 rings (SSSR count). The van der Waals surface area contributed by atoms with Crippen LogP contribution in [0.15, 0.2) is 12.1 Å². The van der Waals surface area contributed by atoms with Crippen LogP contribution < -0.4 is 10.6 Å². The molecule has 1 aromatic heterocycles. The minimum absolute atomic E-state index is 0.578. The van der Waals surface area contributed by atoms with Crippen molar-refractivity contribution < 1.29 is 0 Å². The van der Waals surface area contributed by atoms with Gasteiger partial charge in [0.1, 0.15) is 0 Å². The molecule has 3 nitrogen and oxygen atoms in total. The van der Waals surface area contributed by atoms with Crippen LogP contribution in [0.5, 0.6) is 0 Å². The molecule has 0 bridgehead atoms. The van der Waals surface area contributed by atoms with Gasteiger partial charge in [-0.05, 0) is 44.1 Å². The van der Waals surface area contributed by atoms with Gasteiger partial charge in [-0.1, -0.05) is 19.3 Å². The lowest BCUT2D eigenvalue weighted by molar-refractivity contribution is 0.412. The number of thiocarbonyl (C=S) groups is 1. The van der Waals surface area contributed by atoms with Crippen LogP contribution in [0, 0.1) is 6.92 Å². The van der Waals surface area contributed by atoms with E-state index in [1.54, 1.807) is 0 Å². The van der Waals surface area contributed by atoms with E-state index in [9.17, 15) is 0 Å². The van der Waals surface area contributed by atoms with Gasteiger partial charge in [-0.2, -0.15) is 0 Å². The Bertz CT molecular complexity index is 405. The van der Waals surface area contributed by atoms with Crippen molar-refractivity contribution in [3.05, 3.63) is 23.5 Å². The molecule has 4 heteroatoms. The second-order valence-electron chi connectivity index (χ2n) is 5.19. The van der Waals surface area contributed by atoms with Gasteiger partial charge < -0.3 is 15.2 Å². The summed E-state index contributed by atoms with van der Waals surface area (Å²) in [5, 5.41) is 7.52. The standard InChI is InChI=1S/C14H23N3S/c1-11-8-9-13(17(11)2)10-15-14(18)16-12-6-4-3-5-7-12/h8-9,12H,3-7,10H2,1-2H3,(H2,15,16,18). The molecule has 2 N–H and O–H groups in total. The Labute approximate surface area is 115 Å². The monoisotopic (exact) mass is 265 g/mol. The molecular formula is C14H23N3S. The van der Waals surface area contributed by atoms with Gasteiger partial charge in [0.15, 0.2) is 5.11 Å². The Morgan fingerprint density at radius 2 is 2.06 bits per heavy atom. The fraction of sp³-hybridized carbons (Fsp3) is 0.643. The Morgan fingerprint density at radius 3 is 2.67 bits per heavy atom. The Hall–Kier alpha value is -1.03. The van der Waals surface area contributed by atoms with Crippen molar-refractivity contribution in [3.63, 3.8) is 0 Å². The van der Waals surface area contributed by atoms with Gasteiger partial charge in [0.05, 0.1) is 6.54 Å². The highest BCUT2D eigenvalue weighted by molar-refractivity contribution is 7.80. The number of nitrogens with zero attached hydrogens (tertiary/aromatic N) is 1. The predicted octanol–water partition coefficient (Wildman–Crippen LogP) is 2.63. The average Bonchev–Trinajstić information content (AvgIpc) is 2.69. The highest BCUT2D eigenvalue weighted by Crippen LogP contribution is 2.17. The maximum atomic E-state index is 5.35. The maximum Gasteiger partial charge on any atom is 0.166 e. The Morgan fingerprint density at radius 1 is 1.33 bits per heavy atom. The number of aromatic nitrogens is 1. The predicted molar refractivity (Wildman–Crippen MR) is 79.6 cm³/mol. The SMILES string of the molecule is Cc1ccc(CNC(=S)NC2CCCCC2)n1C. The Kier molecular flexibility index (Phi) is 4.64. The first-order valence-corrected chi connectivity index (χ1v) is 7.23. The number of hydrogen-bond acceptors (Lipinski definition) is 1. The van der Waals surface area contributed by atoms with Crippen LogP contribution in [0.2, 0.25) is 0 Å².